The predicted octanol–water partition coefficient (Wildman–Crippen LogP) is 1.04. The Kier molecular flexibility index (Phi) is 3.47. The van der Waals surface area contributed by atoms with E-state index in [0.717, 1.165) is 54.9 Å². The lowest BCUT2D eigenvalue weighted by Gasteiger charge is -2.34. The molecule has 0 radical (unpaired) electrons. The highest BCUT2D eigenvalue weighted by molar-refractivity contribution is 5.39. The number of piperidine rings is 1. The number of rotatable bonds is 2. The van der Waals surface area contributed by atoms with Crippen molar-refractivity contribution >= 4 is 5.65 Å². The standard InChI is InChI=1S/C17H22N4O/c1-12-2-3-16-19-15(6-17(22)21(16)9-12)11-20-5-4-13-7-18-8-14(13)10-20/h2-3,6,9,13-14,18H,4-5,7-8,10-11H2,1H3. The molecule has 2 aromatic heterocycles. The van der Waals surface area contributed by atoms with Gasteiger partial charge in [0.05, 0.1) is 5.69 Å². The van der Waals surface area contributed by atoms with E-state index in [2.05, 4.69) is 15.2 Å². The first-order valence-corrected chi connectivity index (χ1v) is 8.11. The third-order valence-electron chi connectivity index (χ3n) is 5.03. The topological polar surface area (TPSA) is 49.6 Å². The molecule has 1 N–H and O–H groups in total. The molecule has 5 nitrogen and oxygen atoms in total. The van der Waals surface area contributed by atoms with E-state index >= 15 is 0 Å². The van der Waals surface area contributed by atoms with Crippen molar-refractivity contribution in [3.05, 3.63) is 46.0 Å². The van der Waals surface area contributed by atoms with Gasteiger partial charge in [-0.05, 0) is 56.4 Å². The number of likely N-dealkylation sites (tertiary alicyclic amines) is 1. The second-order valence-electron chi connectivity index (χ2n) is 6.72. The lowest BCUT2D eigenvalue weighted by Crippen LogP contribution is -2.39. The van der Waals surface area contributed by atoms with Crippen LogP contribution in [0.25, 0.3) is 5.65 Å². The second kappa shape index (κ2) is 5.48. The maximum Gasteiger partial charge on any atom is 0.258 e. The van der Waals surface area contributed by atoms with Crippen LogP contribution in [0, 0.1) is 18.8 Å². The zero-order valence-corrected chi connectivity index (χ0v) is 13.0. The van der Waals surface area contributed by atoms with E-state index in [-0.39, 0.29) is 5.56 Å². The maximum atomic E-state index is 12.3. The van der Waals surface area contributed by atoms with Gasteiger partial charge in [-0.25, -0.2) is 4.98 Å². The van der Waals surface area contributed by atoms with Crippen LogP contribution >= 0.6 is 0 Å². The van der Waals surface area contributed by atoms with Crippen LogP contribution in [0.4, 0.5) is 0 Å². The van der Waals surface area contributed by atoms with Crippen LogP contribution in [0.15, 0.2) is 29.2 Å². The number of hydrogen-bond donors (Lipinski definition) is 1. The van der Waals surface area contributed by atoms with Gasteiger partial charge < -0.3 is 5.32 Å². The summed E-state index contributed by atoms with van der Waals surface area (Å²) in [5.74, 6) is 1.60. The highest BCUT2D eigenvalue weighted by Gasteiger charge is 2.32. The molecule has 0 bridgehead atoms. The van der Waals surface area contributed by atoms with Gasteiger partial charge in [-0.1, -0.05) is 6.07 Å². The van der Waals surface area contributed by atoms with Gasteiger partial charge in [-0.2, -0.15) is 0 Å². The van der Waals surface area contributed by atoms with Crippen molar-refractivity contribution in [3.63, 3.8) is 0 Å². The molecule has 22 heavy (non-hydrogen) atoms. The SMILES string of the molecule is Cc1ccc2nc(CN3CCC4CNCC4C3)cc(=O)n2c1. The smallest absolute Gasteiger partial charge is 0.258 e. The predicted molar refractivity (Wildman–Crippen MR) is 85.9 cm³/mol. The molecule has 0 aromatic carbocycles. The van der Waals surface area contributed by atoms with Crippen LogP contribution < -0.4 is 10.9 Å². The largest absolute Gasteiger partial charge is 0.316 e. The molecule has 0 saturated carbocycles. The Balaban J connectivity index is 1.57. The molecule has 2 aliphatic rings. The van der Waals surface area contributed by atoms with Crippen LogP contribution in [0.3, 0.4) is 0 Å². The first kappa shape index (κ1) is 13.9. The van der Waals surface area contributed by atoms with Gasteiger partial charge in [0.25, 0.3) is 5.56 Å². The van der Waals surface area contributed by atoms with E-state index in [1.54, 1.807) is 10.5 Å². The minimum Gasteiger partial charge on any atom is -0.316 e. The Morgan fingerprint density at radius 2 is 2.18 bits per heavy atom. The van der Waals surface area contributed by atoms with Gasteiger partial charge in [0.1, 0.15) is 5.65 Å². The number of pyridine rings is 1. The first-order chi connectivity index (χ1) is 10.7. The molecular weight excluding hydrogens is 276 g/mol. The lowest BCUT2D eigenvalue weighted by molar-refractivity contribution is 0.141. The number of hydrogen-bond acceptors (Lipinski definition) is 4. The Bertz CT molecular complexity index is 754. The van der Waals surface area contributed by atoms with E-state index in [9.17, 15) is 4.79 Å². The molecule has 2 aromatic rings. The number of nitrogens with zero attached hydrogens (tertiary/aromatic N) is 3. The van der Waals surface area contributed by atoms with E-state index in [1.165, 1.54) is 13.0 Å². The van der Waals surface area contributed by atoms with Crippen molar-refractivity contribution in [2.24, 2.45) is 11.8 Å². The van der Waals surface area contributed by atoms with Gasteiger partial charge in [-0.3, -0.25) is 14.1 Å². The highest BCUT2D eigenvalue weighted by atomic mass is 16.1. The summed E-state index contributed by atoms with van der Waals surface area (Å²) in [6.45, 7) is 7.30. The van der Waals surface area contributed by atoms with Crippen LogP contribution in [0.2, 0.25) is 0 Å². The number of aryl methyl sites for hydroxylation is 1. The van der Waals surface area contributed by atoms with Crippen molar-refractivity contribution < 1.29 is 0 Å². The Morgan fingerprint density at radius 1 is 1.32 bits per heavy atom. The molecule has 116 valence electrons. The van der Waals surface area contributed by atoms with E-state index in [1.807, 2.05) is 25.3 Å². The third-order valence-corrected chi connectivity index (χ3v) is 5.03. The molecule has 4 rings (SSSR count). The van der Waals surface area contributed by atoms with Crippen molar-refractivity contribution in [2.75, 3.05) is 26.2 Å². The molecule has 0 aliphatic carbocycles. The Hall–Kier alpha value is -1.72. The van der Waals surface area contributed by atoms with Crippen LogP contribution in [0.1, 0.15) is 17.7 Å². The van der Waals surface area contributed by atoms with Crippen LogP contribution in [0.5, 0.6) is 0 Å². The van der Waals surface area contributed by atoms with E-state index < -0.39 is 0 Å². The van der Waals surface area contributed by atoms with Crippen molar-refractivity contribution in [2.45, 2.75) is 19.9 Å². The molecule has 2 fully saturated rings. The normalized spacial score (nSPS) is 25.5. The van der Waals surface area contributed by atoms with Gasteiger partial charge in [0, 0.05) is 25.4 Å². The minimum absolute atomic E-state index is 0.0149. The fourth-order valence-corrected chi connectivity index (χ4v) is 3.82. The van der Waals surface area contributed by atoms with Gasteiger partial charge in [0.2, 0.25) is 0 Å². The molecule has 2 atom stereocenters. The summed E-state index contributed by atoms with van der Waals surface area (Å²) in [5, 5.41) is 3.49. The molecule has 2 aliphatic heterocycles. The Morgan fingerprint density at radius 3 is 3.09 bits per heavy atom. The van der Waals surface area contributed by atoms with Gasteiger partial charge in [0.15, 0.2) is 0 Å². The van der Waals surface area contributed by atoms with Crippen LogP contribution in [-0.2, 0) is 6.54 Å². The van der Waals surface area contributed by atoms with Crippen molar-refractivity contribution in [1.29, 1.82) is 0 Å². The average Bonchev–Trinajstić information content (AvgIpc) is 2.96. The van der Waals surface area contributed by atoms with Gasteiger partial charge >= 0.3 is 0 Å². The quantitative estimate of drug-likeness (QED) is 0.900. The van der Waals surface area contributed by atoms with E-state index in [0.29, 0.717) is 0 Å². The number of aromatic nitrogens is 2. The molecule has 0 spiro atoms. The monoisotopic (exact) mass is 298 g/mol. The zero-order valence-electron chi connectivity index (χ0n) is 13.0. The highest BCUT2D eigenvalue weighted by Crippen LogP contribution is 2.27. The summed E-state index contributed by atoms with van der Waals surface area (Å²) in [7, 11) is 0. The summed E-state index contributed by atoms with van der Waals surface area (Å²) in [4.78, 5) is 19.4. The Labute approximate surface area is 130 Å². The third kappa shape index (κ3) is 2.55. The van der Waals surface area contributed by atoms with Crippen LogP contribution in [-0.4, -0.2) is 40.5 Å². The summed E-state index contributed by atoms with van der Waals surface area (Å²) >= 11 is 0. The molecule has 0 amide bonds. The average molecular weight is 298 g/mol. The fraction of sp³-hybridized carbons (Fsp3) is 0.529. The second-order valence-corrected chi connectivity index (χ2v) is 6.72. The number of fused-ring (bicyclic) bond motifs is 2. The minimum atomic E-state index is 0.0149. The molecule has 2 unspecified atom stereocenters. The fourth-order valence-electron chi connectivity index (χ4n) is 3.82. The summed E-state index contributed by atoms with van der Waals surface area (Å²) in [6.07, 6.45) is 3.10. The zero-order chi connectivity index (χ0) is 15.1. The molecular formula is C17H22N4O. The van der Waals surface area contributed by atoms with Crippen molar-refractivity contribution in [3.8, 4) is 0 Å². The molecule has 4 heterocycles. The van der Waals surface area contributed by atoms with E-state index in [4.69, 9.17) is 0 Å². The lowest BCUT2D eigenvalue weighted by atomic mass is 9.89. The summed E-state index contributed by atoms with van der Waals surface area (Å²) in [6, 6.07) is 5.61. The number of nitrogens with one attached hydrogen (secondary N) is 1. The summed E-state index contributed by atoms with van der Waals surface area (Å²) in [5.41, 5.74) is 2.71. The first-order valence-electron chi connectivity index (χ1n) is 8.11. The molecule has 2 saturated heterocycles. The summed E-state index contributed by atoms with van der Waals surface area (Å²) < 4.78 is 1.63. The van der Waals surface area contributed by atoms with Gasteiger partial charge in [-0.15, -0.1) is 0 Å². The molecule has 5 heteroatoms. The van der Waals surface area contributed by atoms with Crippen molar-refractivity contribution in [1.82, 2.24) is 19.6 Å². The maximum absolute atomic E-state index is 12.3.